The fourth-order valence-corrected chi connectivity index (χ4v) is 2.50. The molecule has 0 fully saturated rings. The van der Waals surface area contributed by atoms with Crippen LogP contribution in [-0.2, 0) is 4.79 Å². The molecule has 0 aromatic carbocycles. The quantitative estimate of drug-likeness (QED) is 0.746. The zero-order chi connectivity index (χ0) is 13.8. The minimum absolute atomic E-state index is 0.247. The van der Waals surface area contributed by atoms with Crippen molar-refractivity contribution < 1.29 is 9.90 Å². The first-order chi connectivity index (χ1) is 7.61. The summed E-state index contributed by atoms with van der Waals surface area (Å²) in [4.78, 5) is 13.8. The van der Waals surface area contributed by atoms with Crippen molar-refractivity contribution in [2.75, 3.05) is 6.54 Å². The predicted molar refractivity (Wildman–Crippen MR) is 72.2 cm³/mol. The highest BCUT2D eigenvalue weighted by Gasteiger charge is 2.41. The Balaban J connectivity index is 5.14. The smallest absolute Gasteiger partial charge is 0.323 e. The van der Waals surface area contributed by atoms with Gasteiger partial charge < -0.3 is 5.11 Å². The zero-order valence-electron chi connectivity index (χ0n) is 12.4. The van der Waals surface area contributed by atoms with Crippen molar-refractivity contribution >= 4 is 5.97 Å². The summed E-state index contributed by atoms with van der Waals surface area (Å²) in [6, 6.07) is 0.247. The molecule has 0 aromatic rings. The number of carboxylic acid groups (broad SMARTS) is 1. The standard InChI is InChI=1S/C14H29NO2/c1-10(2)8-14(7,13(16)17)15(12(5)6)9-11(3)4/h10-12H,8-9H2,1-7H3,(H,16,17). The highest BCUT2D eigenvalue weighted by atomic mass is 16.4. The Labute approximate surface area is 106 Å². The number of hydrogen-bond donors (Lipinski definition) is 1. The number of carbonyl (C=O) groups is 1. The minimum Gasteiger partial charge on any atom is -0.480 e. The van der Waals surface area contributed by atoms with Gasteiger partial charge in [-0.1, -0.05) is 27.7 Å². The Morgan fingerprint density at radius 3 is 1.82 bits per heavy atom. The number of carboxylic acids is 1. The topological polar surface area (TPSA) is 40.5 Å². The second kappa shape index (κ2) is 6.39. The van der Waals surface area contributed by atoms with Crippen molar-refractivity contribution in [1.82, 2.24) is 4.90 Å². The van der Waals surface area contributed by atoms with Crippen LogP contribution in [0.3, 0.4) is 0 Å². The van der Waals surface area contributed by atoms with Gasteiger partial charge in [0.25, 0.3) is 0 Å². The van der Waals surface area contributed by atoms with E-state index in [9.17, 15) is 9.90 Å². The SMILES string of the molecule is CC(C)CN(C(C)C)C(C)(CC(C)C)C(=O)O. The maximum atomic E-state index is 11.6. The van der Waals surface area contributed by atoms with Crippen molar-refractivity contribution in [2.45, 2.75) is 66.5 Å². The van der Waals surface area contributed by atoms with Gasteiger partial charge in [-0.25, -0.2) is 0 Å². The van der Waals surface area contributed by atoms with Crippen LogP contribution >= 0.6 is 0 Å². The predicted octanol–water partition coefficient (Wildman–Crippen LogP) is 3.24. The van der Waals surface area contributed by atoms with Crippen LogP contribution in [0.1, 0.15) is 54.9 Å². The van der Waals surface area contributed by atoms with Gasteiger partial charge in [-0.2, -0.15) is 0 Å². The molecule has 0 saturated carbocycles. The molecular formula is C14H29NO2. The summed E-state index contributed by atoms with van der Waals surface area (Å²) in [5.41, 5.74) is -0.757. The van der Waals surface area contributed by atoms with Gasteiger partial charge in [-0.3, -0.25) is 9.69 Å². The van der Waals surface area contributed by atoms with Gasteiger partial charge in [0.15, 0.2) is 0 Å². The lowest BCUT2D eigenvalue weighted by atomic mass is 9.87. The fraction of sp³-hybridized carbons (Fsp3) is 0.929. The van der Waals surface area contributed by atoms with E-state index in [1.807, 2.05) is 6.92 Å². The fourth-order valence-electron chi connectivity index (χ4n) is 2.50. The lowest BCUT2D eigenvalue weighted by Crippen LogP contribution is -2.57. The van der Waals surface area contributed by atoms with Gasteiger partial charge in [0.2, 0.25) is 0 Å². The summed E-state index contributed by atoms with van der Waals surface area (Å²) in [6.45, 7) is 15.3. The van der Waals surface area contributed by atoms with Crippen LogP contribution in [0.15, 0.2) is 0 Å². The van der Waals surface area contributed by atoms with Crippen molar-refractivity contribution in [1.29, 1.82) is 0 Å². The monoisotopic (exact) mass is 243 g/mol. The van der Waals surface area contributed by atoms with Gasteiger partial charge in [0, 0.05) is 12.6 Å². The number of rotatable bonds is 7. The first-order valence-electron chi connectivity index (χ1n) is 6.61. The Morgan fingerprint density at radius 2 is 1.59 bits per heavy atom. The molecule has 3 nitrogen and oxygen atoms in total. The first kappa shape index (κ1) is 16.4. The van der Waals surface area contributed by atoms with E-state index in [0.29, 0.717) is 18.3 Å². The largest absolute Gasteiger partial charge is 0.480 e. The van der Waals surface area contributed by atoms with E-state index in [2.05, 4.69) is 46.4 Å². The van der Waals surface area contributed by atoms with Crippen molar-refractivity contribution in [3.8, 4) is 0 Å². The van der Waals surface area contributed by atoms with E-state index in [1.165, 1.54) is 0 Å². The normalized spacial score (nSPS) is 15.9. The van der Waals surface area contributed by atoms with Crippen LogP contribution in [0.5, 0.6) is 0 Å². The van der Waals surface area contributed by atoms with E-state index in [0.717, 1.165) is 6.54 Å². The third kappa shape index (κ3) is 4.66. The van der Waals surface area contributed by atoms with Crippen LogP contribution in [-0.4, -0.2) is 34.1 Å². The molecule has 0 aliphatic rings. The third-order valence-electron chi connectivity index (χ3n) is 3.09. The van der Waals surface area contributed by atoms with Crippen LogP contribution in [0, 0.1) is 11.8 Å². The van der Waals surface area contributed by atoms with E-state index in [-0.39, 0.29) is 6.04 Å². The first-order valence-corrected chi connectivity index (χ1v) is 6.61. The van der Waals surface area contributed by atoms with Gasteiger partial charge in [-0.05, 0) is 39.0 Å². The molecule has 0 aliphatic heterocycles. The number of hydrogen-bond acceptors (Lipinski definition) is 2. The highest BCUT2D eigenvalue weighted by Crippen LogP contribution is 2.27. The molecule has 1 atom stereocenters. The maximum Gasteiger partial charge on any atom is 0.323 e. The molecule has 17 heavy (non-hydrogen) atoms. The van der Waals surface area contributed by atoms with Crippen molar-refractivity contribution in [3.05, 3.63) is 0 Å². The Bertz CT molecular complexity index is 249. The van der Waals surface area contributed by atoms with Gasteiger partial charge in [-0.15, -0.1) is 0 Å². The molecule has 0 amide bonds. The van der Waals surface area contributed by atoms with Gasteiger partial charge in [0.05, 0.1) is 0 Å². The van der Waals surface area contributed by atoms with Crippen molar-refractivity contribution in [2.24, 2.45) is 11.8 Å². The van der Waals surface area contributed by atoms with Crippen LogP contribution < -0.4 is 0 Å². The Morgan fingerprint density at radius 1 is 1.12 bits per heavy atom. The summed E-state index contributed by atoms with van der Waals surface area (Å²) in [7, 11) is 0. The van der Waals surface area contributed by atoms with Crippen LogP contribution in [0.25, 0.3) is 0 Å². The molecule has 0 rings (SSSR count). The Kier molecular flexibility index (Phi) is 6.17. The molecular weight excluding hydrogens is 214 g/mol. The lowest BCUT2D eigenvalue weighted by molar-refractivity contribution is -0.153. The average Bonchev–Trinajstić information content (AvgIpc) is 2.11. The number of nitrogens with zero attached hydrogens (tertiary/aromatic N) is 1. The van der Waals surface area contributed by atoms with Crippen LogP contribution in [0.4, 0.5) is 0 Å². The minimum atomic E-state index is -0.757. The summed E-state index contributed by atoms with van der Waals surface area (Å²) < 4.78 is 0. The summed E-state index contributed by atoms with van der Waals surface area (Å²) in [5.74, 6) is 0.147. The van der Waals surface area contributed by atoms with E-state index >= 15 is 0 Å². The molecule has 0 heterocycles. The molecule has 0 aromatic heterocycles. The molecule has 0 radical (unpaired) electrons. The number of aliphatic carboxylic acids is 1. The van der Waals surface area contributed by atoms with Gasteiger partial charge in [0.1, 0.15) is 5.54 Å². The lowest BCUT2D eigenvalue weighted by Gasteiger charge is -2.42. The maximum absolute atomic E-state index is 11.6. The molecule has 1 unspecified atom stereocenters. The van der Waals surface area contributed by atoms with Crippen molar-refractivity contribution in [3.63, 3.8) is 0 Å². The second-order valence-corrected chi connectivity index (χ2v) is 6.32. The third-order valence-corrected chi connectivity index (χ3v) is 3.09. The molecule has 102 valence electrons. The molecule has 1 N–H and O–H groups in total. The highest BCUT2D eigenvalue weighted by molar-refractivity contribution is 5.78. The Hall–Kier alpha value is -0.570. The molecule has 0 aliphatic carbocycles. The summed E-state index contributed by atoms with van der Waals surface area (Å²) in [5, 5.41) is 9.57. The summed E-state index contributed by atoms with van der Waals surface area (Å²) in [6.07, 6.45) is 0.688. The van der Waals surface area contributed by atoms with E-state index < -0.39 is 11.5 Å². The second-order valence-electron chi connectivity index (χ2n) is 6.32. The molecule has 0 spiro atoms. The zero-order valence-corrected chi connectivity index (χ0v) is 12.4. The molecule has 0 bridgehead atoms. The average molecular weight is 243 g/mol. The summed E-state index contributed by atoms with van der Waals surface area (Å²) >= 11 is 0. The van der Waals surface area contributed by atoms with Crippen LogP contribution in [0.2, 0.25) is 0 Å². The van der Waals surface area contributed by atoms with E-state index in [1.54, 1.807) is 0 Å². The molecule has 3 heteroatoms. The van der Waals surface area contributed by atoms with Gasteiger partial charge >= 0.3 is 5.97 Å². The van der Waals surface area contributed by atoms with E-state index in [4.69, 9.17) is 0 Å². The molecule has 0 saturated heterocycles.